The van der Waals surface area contributed by atoms with Crippen LogP contribution in [-0.4, -0.2) is 62.4 Å². The van der Waals surface area contributed by atoms with Gasteiger partial charge in [0.1, 0.15) is 0 Å². The standard InChI is InChI=1S/C9H21NO4/c1-3-14-7-9(12)4-10-8(5-11)6-13-2/h8-12H,3-7H2,1-2H3. The maximum atomic E-state index is 9.38. The highest BCUT2D eigenvalue weighted by Gasteiger charge is 2.09. The summed E-state index contributed by atoms with van der Waals surface area (Å²) in [5, 5.41) is 21.2. The van der Waals surface area contributed by atoms with E-state index in [9.17, 15) is 5.11 Å². The Labute approximate surface area is 85.0 Å². The Bertz CT molecular complexity index is 123. The van der Waals surface area contributed by atoms with E-state index in [1.54, 1.807) is 7.11 Å². The Morgan fingerprint density at radius 3 is 2.57 bits per heavy atom. The number of hydrogen-bond donors (Lipinski definition) is 3. The van der Waals surface area contributed by atoms with Gasteiger partial charge in [-0.2, -0.15) is 0 Å². The van der Waals surface area contributed by atoms with Crippen molar-refractivity contribution in [3.8, 4) is 0 Å². The third-order valence-electron chi connectivity index (χ3n) is 1.74. The highest BCUT2D eigenvalue weighted by Crippen LogP contribution is 1.87. The van der Waals surface area contributed by atoms with E-state index in [1.165, 1.54) is 0 Å². The molecule has 0 saturated heterocycles. The van der Waals surface area contributed by atoms with E-state index >= 15 is 0 Å². The molecule has 0 aliphatic heterocycles. The first-order valence-corrected chi connectivity index (χ1v) is 4.83. The number of ether oxygens (including phenoxy) is 2. The van der Waals surface area contributed by atoms with Crippen LogP contribution in [0.25, 0.3) is 0 Å². The van der Waals surface area contributed by atoms with Crippen LogP contribution in [0.5, 0.6) is 0 Å². The molecule has 0 aliphatic rings. The fourth-order valence-electron chi connectivity index (χ4n) is 0.993. The SMILES string of the molecule is CCOCC(O)CNC(CO)COC. The smallest absolute Gasteiger partial charge is 0.0897 e. The van der Waals surface area contributed by atoms with Crippen LogP contribution in [0.2, 0.25) is 0 Å². The van der Waals surface area contributed by atoms with Crippen LogP contribution in [-0.2, 0) is 9.47 Å². The Morgan fingerprint density at radius 1 is 1.36 bits per heavy atom. The second-order valence-electron chi connectivity index (χ2n) is 3.06. The Hall–Kier alpha value is -0.200. The molecule has 0 spiro atoms. The molecule has 0 radical (unpaired) electrons. The highest BCUT2D eigenvalue weighted by atomic mass is 16.5. The van der Waals surface area contributed by atoms with Gasteiger partial charge < -0.3 is 25.0 Å². The average molecular weight is 207 g/mol. The van der Waals surface area contributed by atoms with Gasteiger partial charge in [0.2, 0.25) is 0 Å². The summed E-state index contributed by atoms with van der Waals surface area (Å²) < 4.78 is 9.91. The van der Waals surface area contributed by atoms with Crippen LogP contribution in [0.4, 0.5) is 0 Å². The number of hydrogen-bond acceptors (Lipinski definition) is 5. The monoisotopic (exact) mass is 207 g/mol. The molecule has 2 unspecified atom stereocenters. The predicted molar refractivity (Wildman–Crippen MR) is 53.3 cm³/mol. The van der Waals surface area contributed by atoms with Crippen molar-refractivity contribution in [2.75, 3.05) is 40.1 Å². The maximum absolute atomic E-state index is 9.38. The molecule has 0 saturated carbocycles. The fourth-order valence-corrected chi connectivity index (χ4v) is 0.993. The summed E-state index contributed by atoms with van der Waals surface area (Å²) in [4.78, 5) is 0. The molecule has 0 heterocycles. The summed E-state index contributed by atoms with van der Waals surface area (Å²) >= 11 is 0. The number of methoxy groups -OCH3 is 1. The van der Waals surface area contributed by atoms with Gasteiger partial charge in [0.25, 0.3) is 0 Å². The zero-order valence-electron chi connectivity index (χ0n) is 8.90. The molecule has 0 aromatic rings. The van der Waals surface area contributed by atoms with Crippen LogP contribution in [0.3, 0.4) is 0 Å². The number of aliphatic hydroxyl groups excluding tert-OH is 2. The quantitative estimate of drug-likeness (QED) is 0.451. The Kier molecular flexibility index (Phi) is 9.23. The van der Waals surface area contributed by atoms with E-state index in [1.807, 2.05) is 6.92 Å². The molecular weight excluding hydrogens is 186 g/mol. The number of rotatable bonds is 9. The fraction of sp³-hybridized carbons (Fsp3) is 1.00. The lowest BCUT2D eigenvalue weighted by atomic mass is 10.3. The maximum Gasteiger partial charge on any atom is 0.0897 e. The second kappa shape index (κ2) is 9.36. The zero-order valence-corrected chi connectivity index (χ0v) is 8.90. The first kappa shape index (κ1) is 13.8. The van der Waals surface area contributed by atoms with Gasteiger partial charge in [-0.25, -0.2) is 0 Å². The van der Waals surface area contributed by atoms with E-state index < -0.39 is 6.10 Å². The van der Waals surface area contributed by atoms with Gasteiger partial charge in [0.15, 0.2) is 0 Å². The number of nitrogens with one attached hydrogen (secondary N) is 1. The van der Waals surface area contributed by atoms with Crippen LogP contribution >= 0.6 is 0 Å². The normalized spacial score (nSPS) is 15.4. The van der Waals surface area contributed by atoms with Crippen molar-refractivity contribution in [2.45, 2.75) is 19.1 Å². The third kappa shape index (κ3) is 7.23. The van der Waals surface area contributed by atoms with Crippen LogP contribution in [0.1, 0.15) is 6.92 Å². The van der Waals surface area contributed by atoms with E-state index in [4.69, 9.17) is 14.6 Å². The first-order chi connectivity index (χ1) is 6.74. The number of aliphatic hydroxyl groups is 2. The highest BCUT2D eigenvalue weighted by molar-refractivity contribution is 4.67. The minimum atomic E-state index is -0.541. The summed E-state index contributed by atoms with van der Waals surface area (Å²) in [6.45, 7) is 3.61. The zero-order chi connectivity index (χ0) is 10.8. The van der Waals surface area contributed by atoms with Crippen molar-refractivity contribution >= 4 is 0 Å². The van der Waals surface area contributed by atoms with Gasteiger partial charge in [-0.15, -0.1) is 0 Å². The molecule has 2 atom stereocenters. The van der Waals surface area contributed by atoms with Gasteiger partial charge in [-0.1, -0.05) is 0 Å². The lowest BCUT2D eigenvalue weighted by molar-refractivity contribution is 0.0367. The molecule has 14 heavy (non-hydrogen) atoms. The molecule has 5 nitrogen and oxygen atoms in total. The lowest BCUT2D eigenvalue weighted by Crippen LogP contribution is -2.42. The van der Waals surface area contributed by atoms with E-state index in [0.29, 0.717) is 26.4 Å². The largest absolute Gasteiger partial charge is 0.395 e. The molecule has 3 N–H and O–H groups in total. The van der Waals surface area contributed by atoms with Crippen LogP contribution < -0.4 is 5.32 Å². The molecular formula is C9H21NO4. The van der Waals surface area contributed by atoms with E-state index in [-0.39, 0.29) is 12.6 Å². The van der Waals surface area contributed by atoms with Crippen molar-refractivity contribution in [1.29, 1.82) is 0 Å². The van der Waals surface area contributed by atoms with Crippen LogP contribution in [0, 0.1) is 0 Å². The first-order valence-electron chi connectivity index (χ1n) is 4.83. The molecule has 0 amide bonds. The predicted octanol–water partition coefficient (Wildman–Crippen LogP) is -1.02. The molecule has 0 aromatic heterocycles. The van der Waals surface area contributed by atoms with Gasteiger partial charge >= 0.3 is 0 Å². The molecule has 0 aliphatic carbocycles. The lowest BCUT2D eigenvalue weighted by Gasteiger charge is -2.17. The van der Waals surface area contributed by atoms with Crippen molar-refractivity contribution in [1.82, 2.24) is 5.32 Å². The Balaban J connectivity index is 3.46. The van der Waals surface area contributed by atoms with Crippen molar-refractivity contribution in [2.24, 2.45) is 0 Å². The summed E-state index contributed by atoms with van der Waals surface area (Å²) in [5.74, 6) is 0. The molecule has 0 aromatic carbocycles. The van der Waals surface area contributed by atoms with E-state index in [2.05, 4.69) is 5.32 Å². The van der Waals surface area contributed by atoms with Gasteiger partial charge in [0, 0.05) is 20.3 Å². The molecule has 0 fully saturated rings. The summed E-state index contributed by atoms with van der Waals surface area (Å²) in [6.07, 6.45) is -0.541. The third-order valence-corrected chi connectivity index (χ3v) is 1.74. The molecule has 0 bridgehead atoms. The van der Waals surface area contributed by atoms with Gasteiger partial charge in [0.05, 0.1) is 32.0 Å². The van der Waals surface area contributed by atoms with Crippen LogP contribution in [0.15, 0.2) is 0 Å². The molecule has 5 heteroatoms. The molecule has 0 rings (SSSR count). The Morgan fingerprint density at radius 2 is 2.07 bits per heavy atom. The van der Waals surface area contributed by atoms with Crippen molar-refractivity contribution < 1.29 is 19.7 Å². The summed E-state index contributed by atoms with van der Waals surface area (Å²) in [7, 11) is 1.57. The summed E-state index contributed by atoms with van der Waals surface area (Å²) in [5.41, 5.74) is 0. The minimum Gasteiger partial charge on any atom is -0.395 e. The summed E-state index contributed by atoms with van der Waals surface area (Å²) in [6, 6.07) is -0.128. The van der Waals surface area contributed by atoms with Gasteiger partial charge in [-0.3, -0.25) is 0 Å². The second-order valence-corrected chi connectivity index (χ2v) is 3.06. The molecule has 86 valence electrons. The van der Waals surface area contributed by atoms with Crippen molar-refractivity contribution in [3.05, 3.63) is 0 Å². The minimum absolute atomic E-state index is 0.00477. The van der Waals surface area contributed by atoms with Gasteiger partial charge in [-0.05, 0) is 6.92 Å². The topological polar surface area (TPSA) is 71.0 Å². The average Bonchev–Trinajstić information content (AvgIpc) is 2.21. The van der Waals surface area contributed by atoms with Crippen molar-refractivity contribution in [3.63, 3.8) is 0 Å². The van der Waals surface area contributed by atoms with E-state index in [0.717, 1.165) is 0 Å².